The van der Waals surface area contributed by atoms with Gasteiger partial charge in [-0.1, -0.05) is 0 Å². The molecule has 0 radical (unpaired) electrons. The Labute approximate surface area is 134 Å². The summed E-state index contributed by atoms with van der Waals surface area (Å²) >= 11 is 2.84. The number of fused-ring (bicyclic) bond motifs is 1. The largest absolute Gasteiger partial charge is 0.300 e. The SMILES string of the molecule is Cc1sc2nc(C)n(CC(=O)Nc3nccs3)c(=O)c2c1C. The fourth-order valence-electron chi connectivity index (χ4n) is 2.20. The lowest BCUT2D eigenvalue weighted by Crippen LogP contribution is -2.30. The summed E-state index contributed by atoms with van der Waals surface area (Å²) in [5.41, 5.74) is 0.769. The Morgan fingerprint density at radius 3 is 2.82 bits per heavy atom. The molecule has 3 rings (SSSR count). The van der Waals surface area contributed by atoms with Crippen LogP contribution in [0.5, 0.6) is 0 Å². The molecule has 1 amide bonds. The summed E-state index contributed by atoms with van der Waals surface area (Å²) < 4.78 is 1.41. The van der Waals surface area contributed by atoms with Crippen molar-refractivity contribution in [2.45, 2.75) is 27.3 Å². The lowest BCUT2D eigenvalue weighted by molar-refractivity contribution is -0.116. The highest BCUT2D eigenvalue weighted by Gasteiger charge is 2.16. The zero-order chi connectivity index (χ0) is 15.9. The molecule has 0 aliphatic heterocycles. The minimum absolute atomic E-state index is 0.0679. The first-order valence-corrected chi connectivity index (χ1v) is 8.33. The molecule has 0 aliphatic carbocycles. The summed E-state index contributed by atoms with van der Waals surface area (Å²) in [7, 11) is 0. The van der Waals surface area contributed by atoms with E-state index < -0.39 is 0 Å². The lowest BCUT2D eigenvalue weighted by atomic mass is 10.2. The van der Waals surface area contributed by atoms with Crippen LogP contribution in [0.2, 0.25) is 0 Å². The number of nitrogens with zero attached hydrogens (tertiary/aromatic N) is 3. The second kappa shape index (κ2) is 5.62. The number of aromatic nitrogens is 3. The Morgan fingerprint density at radius 2 is 2.14 bits per heavy atom. The molecule has 8 heteroatoms. The molecule has 1 N–H and O–H groups in total. The molecule has 6 nitrogen and oxygen atoms in total. The predicted octanol–water partition coefficient (Wildman–Crippen LogP) is 2.48. The van der Waals surface area contributed by atoms with Gasteiger partial charge in [-0.15, -0.1) is 22.7 Å². The topological polar surface area (TPSA) is 76.9 Å². The van der Waals surface area contributed by atoms with Gasteiger partial charge in [0.05, 0.1) is 5.39 Å². The molecule has 22 heavy (non-hydrogen) atoms. The van der Waals surface area contributed by atoms with Crippen molar-refractivity contribution in [2.24, 2.45) is 0 Å². The standard InChI is InChI=1S/C14H14N4O2S2/c1-7-8(2)22-12-11(7)13(20)18(9(3)16-12)6-10(19)17-14-15-4-5-21-14/h4-5H,6H2,1-3H3,(H,15,17,19). The molecule has 3 heterocycles. The van der Waals surface area contributed by atoms with Gasteiger partial charge in [0, 0.05) is 16.5 Å². The second-order valence-electron chi connectivity index (χ2n) is 4.90. The van der Waals surface area contributed by atoms with E-state index in [0.29, 0.717) is 16.3 Å². The molecule has 0 fully saturated rings. The molecule has 0 bridgehead atoms. The highest BCUT2D eigenvalue weighted by molar-refractivity contribution is 7.18. The summed E-state index contributed by atoms with van der Waals surface area (Å²) in [6.45, 7) is 5.55. The number of carbonyl (C=O) groups is 1. The van der Waals surface area contributed by atoms with Gasteiger partial charge in [0.2, 0.25) is 5.91 Å². The van der Waals surface area contributed by atoms with Crippen LogP contribution in [0.4, 0.5) is 5.13 Å². The number of anilines is 1. The normalized spacial score (nSPS) is 11.0. The van der Waals surface area contributed by atoms with E-state index in [2.05, 4.69) is 15.3 Å². The van der Waals surface area contributed by atoms with Gasteiger partial charge in [0.15, 0.2) is 5.13 Å². The van der Waals surface area contributed by atoms with Gasteiger partial charge >= 0.3 is 0 Å². The Bertz CT molecular complexity index is 909. The number of aryl methyl sites for hydroxylation is 3. The number of thiophene rings is 1. The zero-order valence-electron chi connectivity index (χ0n) is 12.3. The van der Waals surface area contributed by atoms with Gasteiger partial charge in [0.25, 0.3) is 5.56 Å². The van der Waals surface area contributed by atoms with Crippen LogP contribution < -0.4 is 10.9 Å². The van der Waals surface area contributed by atoms with Gasteiger partial charge in [-0.25, -0.2) is 9.97 Å². The van der Waals surface area contributed by atoms with Crippen molar-refractivity contribution in [2.75, 3.05) is 5.32 Å². The Kier molecular flexibility index (Phi) is 3.79. The summed E-state index contributed by atoms with van der Waals surface area (Å²) in [5, 5.41) is 5.58. The van der Waals surface area contributed by atoms with E-state index in [0.717, 1.165) is 15.3 Å². The van der Waals surface area contributed by atoms with Crippen LogP contribution in [-0.2, 0) is 11.3 Å². The molecule has 114 valence electrons. The summed E-state index contributed by atoms with van der Waals surface area (Å²) in [6, 6.07) is 0. The first-order chi connectivity index (χ1) is 10.5. The second-order valence-corrected chi connectivity index (χ2v) is 7.00. The van der Waals surface area contributed by atoms with Crippen LogP contribution in [0.15, 0.2) is 16.4 Å². The fourth-order valence-corrected chi connectivity index (χ4v) is 3.81. The van der Waals surface area contributed by atoms with E-state index in [1.54, 1.807) is 18.5 Å². The first-order valence-electron chi connectivity index (χ1n) is 6.64. The minimum Gasteiger partial charge on any atom is -0.300 e. The van der Waals surface area contributed by atoms with Gasteiger partial charge in [0.1, 0.15) is 17.2 Å². The summed E-state index contributed by atoms with van der Waals surface area (Å²) in [4.78, 5) is 35.0. The van der Waals surface area contributed by atoms with E-state index >= 15 is 0 Å². The van der Waals surface area contributed by atoms with Crippen LogP contribution in [0.25, 0.3) is 10.2 Å². The van der Waals surface area contributed by atoms with Crippen molar-refractivity contribution in [3.8, 4) is 0 Å². The third-order valence-corrected chi connectivity index (χ3v) is 5.25. The fraction of sp³-hybridized carbons (Fsp3) is 0.286. The molecule has 0 saturated carbocycles. The lowest BCUT2D eigenvalue weighted by Gasteiger charge is -2.09. The zero-order valence-corrected chi connectivity index (χ0v) is 14.0. The highest BCUT2D eigenvalue weighted by atomic mass is 32.1. The van der Waals surface area contributed by atoms with E-state index in [-0.39, 0.29) is 18.0 Å². The molecule has 0 saturated heterocycles. The Hall–Kier alpha value is -2.06. The minimum atomic E-state index is -0.286. The van der Waals surface area contributed by atoms with Crippen molar-refractivity contribution >= 4 is 43.9 Å². The first kappa shape index (κ1) is 14.9. The average Bonchev–Trinajstić information content (AvgIpc) is 3.04. The molecule has 0 atom stereocenters. The summed E-state index contributed by atoms with van der Waals surface area (Å²) in [5.74, 6) is 0.249. The van der Waals surface area contributed by atoms with E-state index in [1.165, 1.54) is 27.2 Å². The molecular formula is C14H14N4O2S2. The highest BCUT2D eigenvalue weighted by Crippen LogP contribution is 2.26. The number of hydrogen-bond donors (Lipinski definition) is 1. The molecule has 0 spiro atoms. The van der Waals surface area contributed by atoms with Gasteiger partial charge < -0.3 is 5.32 Å². The van der Waals surface area contributed by atoms with Crippen molar-refractivity contribution in [3.63, 3.8) is 0 Å². The Morgan fingerprint density at radius 1 is 1.36 bits per heavy atom. The van der Waals surface area contributed by atoms with Crippen molar-refractivity contribution in [1.29, 1.82) is 0 Å². The number of rotatable bonds is 3. The van der Waals surface area contributed by atoms with E-state index in [9.17, 15) is 9.59 Å². The molecule has 0 aromatic carbocycles. The predicted molar refractivity (Wildman–Crippen MR) is 88.8 cm³/mol. The molecule has 0 unspecified atom stereocenters. The molecule has 3 aromatic rings. The van der Waals surface area contributed by atoms with Gasteiger partial charge in [-0.05, 0) is 26.3 Å². The van der Waals surface area contributed by atoms with Gasteiger partial charge in [-0.3, -0.25) is 14.2 Å². The summed E-state index contributed by atoms with van der Waals surface area (Å²) in [6.07, 6.45) is 1.61. The third-order valence-electron chi connectivity index (χ3n) is 3.46. The third kappa shape index (κ3) is 2.55. The van der Waals surface area contributed by atoms with Crippen molar-refractivity contribution in [1.82, 2.24) is 14.5 Å². The monoisotopic (exact) mass is 334 g/mol. The van der Waals surface area contributed by atoms with Gasteiger partial charge in [-0.2, -0.15) is 0 Å². The number of carbonyl (C=O) groups excluding carboxylic acids is 1. The van der Waals surface area contributed by atoms with Crippen LogP contribution in [0, 0.1) is 20.8 Å². The van der Waals surface area contributed by atoms with Crippen LogP contribution in [0.3, 0.4) is 0 Å². The maximum Gasteiger partial charge on any atom is 0.263 e. The molecule has 3 aromatic heterocycles. The van der Waals surface area contributed by atoms with Crippen molar-refractivity contribution < 1.29 is 4.79 Å². The number of amides is 1. The quantitative estimate of drug-likeness (QED) is 0.798. The van der Waals surface area contributed by atoms with E-state index in [4.69, 9.17) is 0 Å². The maximum atomic E-state index is 12.7. The van der Waals surface area contributed by atoms with E-state index in [1.807, 2.05) is 13.8 Å². The molecular weight excluding hydrogens is 320 g/mol. The van der Waals surface area contributed by atoms with Crippen LogP contribution in [-0.4, -0.2) is 20.4 Å². The smallest absolute Gasteiger partial charge is 0.263 e. The van der Waals surface area contributed by atoms with Crippen molar-refractivity contribution in [3.05, 3.63) is 38.2 Å². The number of nitrogens with one attached hydrogen (secondary N) is 1. The average molecular weight is 334 g/mol. The number of thiazole rings is 1. The number of hydrogen-bond acceptors (Lipinski definition) is 6. The van der Waals surface area contributed by atoms with Crippen LogP contribution in [0.1, 0.15) is 16.3 Å². The maximum absolute atomic E-state index is 12.7. The Balaban J connectivity index is 1.98. The molecule has 0 aliphatic rings. The van der Waals surface area contributed by atoms with Crippen LogP contribution >= 0.6 is 22.7 Å².